The Bertz CT molecular complexity index is 1350. The smallest absolute Gasteiger partial charge is 0.240 e. The molecule has 2 aliphatic rings. The van der Waals surface area contributed by atoms with Crippen LogP contribution in [0.5, 0.6) is 11.5 Å². The molecule has 1 saturated carbocycles. The molecule has 0 amide bonds. The predicted octanol–water partition coefficient (Wildman–Crippen LogP) is 3.54. The van der Waals surface area contributed by atoms with Crippen molar-refractivity contribution in [2.75, 3.05) is 13.8 Å². The largest absolute Gasteiger partial charge is 0.454 e. The molecule has 3 aromatic rings. The molecule has 1 aliphatic heterocycles. The van der Waals surface area contributed by atoms with Crippen LogP contribution in [0.2, 0.25) is 0 Å². The maximum atomic E-state index is 13.3. The number of Topliss-reactive ketones (excluding diaryl/α,β-unsaturated/α-hetero) is 1. The predicted molar refractivity (Wildman–Crippen MR) is 123 cm³/mol. The summed E-state index contributed by atoms with van der Waals surface area (Å²) in [5.74, 6) is 1.57. The van der Waals surface area contributed by atoms with Gasteiger partial charge in [0.1, 0.15) is 5.78 Å². The van der Waals surface area contributed by atoms with Crippen LogP contribution < -0.4 is 14.2 Å². The minimum atomic E-state index is -3.48. The molecule has 8 heteroatoms. The monoisotopic (exact) mass is 464 g/mol. The number of ether oxygens (including phenoxy) is 2. The average molecular weight is 465 g/mol. The summed E-state index contributed by atoms with van der Waals surface area (Å²) < 4.78 is 37.0. The minimum absolute atomic E-state index is 0.159. The van der Waals surface area contributed by atoms with E-state index in [0.717, 1.165) is 40.8 Å². The van der Waals surface area contributed by atoms with E-state index in [4.69, 9.17) is 9.47 Å². The Morgan fingerprint density at radius 2 is 1.76 bits per heavy atom. The lowest BCUT2D eigenvalue weighted by atomic mass is 9.88. The van der Waals surface area contributed by atoms with Crippen LogP contribution in [0.15, 0.2) is 59.6 Å². The van der Waals surface area contributed by atoms with Gasteiger partial charge in [-0.1, -0.05) is 18.2 Å². The molecule has 1 N–H and O–H groups in total. The van der Waals surface area contributed by atoms with Gasteiger partial charge in [-0.3, -0.25) is 9.78 Å². The van der Waals surface area contributed by atoms with Crippen LogP contribution in [0.1, 0.15) is 29.7 Å². The fourth-order valence-electron chi connectivity index (χ4n) is 4.26. The normalized spacial score (nSPS) is 15.9. The third-order valence-corrected chi connectivity index (χ3v) is 7.92. The SMILES string of the molecule is CNS(=O)(=O)c1ccc(-c2cnc(CC(=O)C3(c4ccc5c(c4)OCO5)CC3)c(C)c2)cc1. The second-order valence-corrected chi connectivity index (χ2v) is 10.4. The van der Waals surface area contributed by atoms with Gasteiger partial charge in [0.15, 0.2) is 11.5 Å². The molecule has 33 heavy (non-hydrogen) atoms. The molecule has 170 valence electrons. The Morgan fingerprint density at radius 1 is 1.03 bits per heavy atom. The Morgan fingerprint density at radius 3 is 2.42 bits per heavy atom. The second-order valence-electron chi connectivity index (χ2n) is 8.47. The summed E-state index contributed by atoms with van der Waals surface area (Å²) in [6.45, 7) is 2.16. The lowest BCUT2D eigenvalue weighted by Crippen LogP contribution is -2.23. The number of fused-ring (bicyclic) bond motifs is 1. The van der Waals surface area contributed by atoms with Crippen molar-refractivity contribution in [2.24, 2.45) is 0 Å². The van der Waals surface area contributed by atoms with E-state index in [-0.39, 0.29) is 23.9 Å². The molecular formula is C25H24N2O5S. The van der Waals surface area contributed by atoms with Crippen LogP contribution >= 0.6 is 0 Å². The van der Waals surface area contributed by atoms with Crippen LogP contribution in [-0.4, -0.2) is 33.0 Å². The number of aryl methyl sites for hydroxylation is 1. The van der Waals surface area contributed by atoms with Crippen molar-refractivity contribution < 1.29 is 22.7 Å². The van der Waals surface area contributed by atoms with E-state index in [2.05, 4.69) is 9.71 Å². The van der Waals surface area contributed by atoms with Crippen molar-refractivity contribution in [2.45, 2.75) is 36.5 Å². The number of nitrogens with zero attached hydrogens (tertiary/aromatic N) is 1. The molecule has 1 aliphatic carbocycles. The number of benzene rings is 2. The molecule has 7 nitrogen and oxygen atoms in total. The molecule has 0 saturated heterocycles. The van der Waals surface area contributed by atoms with Crippen molar-refractivity contribution in [3.63, 3.8) is 0 Å². The number of carbonyl (C=O) groups excluding carboxylic acids is 1. The van der Waals surface area contributed by atoms with Crippen LogP contribution in [0.25, 0.3) is 11.1 Å². The molecule has 2 heterocycles. The number of aromatic nitrogens is 1. The van der Waals surface area contributed by atoms with Crippen molar-refractivity contribution in [1.29, 1.82) is 0 Å². The summed E-state index contributed by atoms with van der Waals surface area (Å²) in [6, 6.07) is 14.4. The zero-order valence-electron chi connectivity index (χ0n) is 18.4. The van der Waals surface area contributed by atoms with E-state index >= 15 is 0 Å². The fraction of sp³-hybridized carbons (Fsp3) is 0.280. The average Bonchev–Trinajstić information content (AvgIpc) is 3.51. The van der Waals surface area contributed by atoms with Crippen molar-refractivity contribution in [3.05, 3.63) is 71.5 Å². The van der Waals surface area contributed by atoms with Gasteiger partial charge in [-0.15, -0.1) is 0 Å². The standard InChI is InChI=1S/C25H24N2O5S/c1-16-11-18(17-3-6-20(7-4-17)33(29,30)26-2)14-27-21(16)13-24(28)25(9-10-25)19-5-8-22-23(12-19)32-15-31-22/h3-8,11-12,14,26H,9-10,13,15H2,1-2H3. The highest BCUT2D eigenvalue weighted by Crippen LogP contribution is 2.51. The maximum absolute atomic E-state index is 13.3. The van der Waals surface area contributed by atoms with E-state index < -0.39 is 15.4 Å². The first-order valence-corrected chi connectivity index (χ1v) is 12.2. The summed E-state index contributed by atoms with van der Waals surface area (Å²) in [6.07, 6.45) is 3.65. The number of pyridine rings is 1. The van der Waals surface area contributed by atoms with E-state index in [0.29, 0.717) is 11.5 Å². The van der Waals surface area contributed by atoms with Gasteiger partial charge in [0.05, 0.1) is 16.0 Å². The summed E-state index contributed by atoms with van der Waals surface area (Å²) in [4.78, 5) is 18.1. The van der Waals surface area contributed by atoms with E-state index in [1.807, 2.05) is 31.2 Å². The first kappa shape index (κ1) is 21.6. The molecule has 0 bridgehead atoms. The van der Waals surface area contributed by atoms with Crippen LogP contribution in [0.3, 0.4) is 0 Å². The zero-order chi connectivity index (χ0) is 23.2. The molecule has 2 aromatic carbocycles. The minimum Gasteiger partial charge on any atom is -0.454 e. The maximum Gasteiger partial charge on any atom is 0.240 e. The summed E-state index contributed by atoms with van der Waals surface area (Å²) in [7, 11) is -2.09. The lowest BCUT2D eigenvalue weighted by molar-refractivity contribution is -0.120. The van der Waals surface area contributed by atoms with Gasteiger partial charge in [-0.25, -0.2) is 13.1 Å². The molecule has 1 fully saturated rings. The van der Waals surface area contributed by atoms with Gasteiger partial charge in [0, 0.05) is 18.2 Å². The lowest BCUT2D eigenvalue weighted by Gasteiger charge is -2.16. The molecule has 0 unspecified atom stereocenters. The summed E-state index contributed by atoms with van der Waals surface area (Å²) in [5.41, 5.74) is 3.91. The van der Waals surface area contributed by atoms with Gasteiger partial charge in [0.2, 0.25) is 16.8 Å². The number of hydrogen-bond donors (Lipinski definition) is 1. The number of sulfonamides is 1. The number of nitrogens with one attached hydrogen (secondary N) is 1. The number of ketones is 1. The zero-order valence-corrected chi connectivity index (χ0v) is 19.2. The van der Waals surface area contributed by atoms with Crippen LogP contribution in [0.4, 0.5) is 0 Å². The first-order chi connectivity index (χ1) is 15.8. The number of carbonyl (C=O) groups is 1. The number of rotatable bonds is 7. The molecule has 0 atom stereocenters. The molecule has 0 spiro atoms. The second kappa shape index (κ2) is 7.97. The molecule has 5 rings (SSSR count). The number of hydrogen-bond acceptors (Lipinski definition) is 6. The Balaban J connectivity index is 1.34. The summed E-state index contributed by atoms with van der Waals surface area (Å²) in [5, 5.41) is 0. The van der Waals surface area contributed by atoms with Gasteiger partial charge >= 0.3 is 0 Å². The van der Waals surface area contributed by atoms with E-state index in [1.54, 1.807) is 30.5 Å². The van der Waals surface area contributed by atoms with E-state index in [1.165, 1.54) is 7.05 Å². The highest BCUT2D eigenvalue weighted by atomic mass is 32.2. The van der Waals surface area contributed by atoms with Gasteiger partial charge < -0.3 is 9.47 Å². The Kier molecular flexibility index (Phi) is 5.22. The molecular weight excluding hydrogens is 440 g/mol. The summed E-state index contributed by atoms with van der Waals surface area (Å²) >= 11 is 0. The topological polar surface area (TPSA) is 94.6 Å². The van der Waals surface area contributed by atoms with Gasteiger partial charge in [0.25, 0.3) is 0 Å². The quantitative estimate of drug-likeness (QED) is 0.575. The fourth-order valence-corrected chi connectivity index (χ4v) is 4.99. The third-order valence-electron chi connectivity index (χ3n) is 6.49. The Hall–Kier alpha value is -3.23. The Labute approximate surface area is 192 Å². The molecule has 1 aromatic heterocycles. The highest BCUT2D eigenvalue weighted by Gasteiger charge is 2.51. The van der Waals surface area contributed by atoms with Crippen molar-refractivity contribution in [3.8, 4) is 22.6 Å². The third kappa shape index (κ3) is 3.89. The van der Waals surface area contributed by atoms with Crippen molar-refractivity contribution in [1.82, 2.24) is 9.71 Å². The van der Waals surface area contributed by atoms with Crippen LogP contribution in [0, 0.1) is 6.92 Å². The van der Waals surface area contributed by atoms with Crippen molar-refractivity contribution >= 4 is 15.8 Å². The van der Waals surface area contributed by atoms with Gasteiger partial charge in [-0.2, -0.15) is 0 Å². The van der Waals surface area contributed by atoms with Crippen LogP contribution in [-0.2, 0) is 26.7 Å². The highest BCUT2D eigenvalue weighted by molar-refractivity contribution is 7.89. The van der Waals surface area contributed by atoms with E-state index in [9.17, 15) is 13.2 Å². The molecule has 0 radical (unpaired) electrons. The first-order valence-electron chi connectivity index (χ1n) is 10.8. The van der Waals surface area contributed by atoms with Gasteiger partial charge in [-0.05, 0) is 73.8 Å².